The van der Waals surface area contributed by atoms with Crippen molar-refractivity contribution in [3.8, 4) is 0 Å². The summed E-state index contributed by atoms with van der Waals surface area (Å²) in [4.78, 5) is 2.70. The molecule has 2 aliphatic rings. The van der Waals surface area contributed by atoms with Gasteiger partial charge in [-0.2, -0.15) is 0 Å². The molecule has 1 aromatic rings. The molecule has 1 nitrogen and oxygen atoms in total. The average Bonchev–Trinajstić information content (AvgIpc) is 3.09. The van der Waals surface area contributed by atoms with Gasteiger partial charge in [0.1, 0.15) is 0 Å². The van der Waals surface area contributed by atoms with Gasteiger partial charge >= 0.3 is 0 Å². The molecule has 1 heterocycles. The minimum Gasteiger partial charge on any atom is -0.368 e. The molecule has 3 rings (SSSR count). The van der Waals surface area contributed by atoms with Crippen LogP contribution in [0.3, 0.4) is 0 Å². The van der Waals surface area contributed by atoms with E-state index in [0.29, 0.717) is 0 Å². The lowest BCUT2D eigenvalue weighted by Gasteiger charge is -2.31. The van der Waals surface area contributed by atoms with Crippen LogP contribution in [0.1, 0.15) is 49.7 Å². The van der Waals surface area contributed by atoms with Crippen LogP contribution >= 0.6 is 15.9 Å². The first kappa shape index (κ1) is 13.5. The van der Waals surface area contributed by atoms with Crippen molar-refractivity contribution in [3.63, 3.8) is 0 Å². The quantitative estimate of drug-likeness (QED) is 0.704. The molecule has 0 amide bonds. The number of alkyl halides is 1. The largest absolute Gasteiger partial charge is 0.368 e. The second kappa shape index (κ2) is 5.87. The maximum absolute atomic E-state index is 3.57. The number of nitrogens with zero attached hydrogens (tertiary/aromatic N) is 1. The summed E-state index contributed by atoms with van der Waals surface area (Å²) in [6.45, 7) is 3.50. The van der Waals surface area contributed by atoms with Gasteiger partial charge in [0.2, 0.25) is 0 Å². The summed E-state index contributed by atoms with van der Waals surface area (Å²) in [7, 11) is 0. The Morgan fingerprint density at radius 3 is 2.63 bits per heavy atom. The normalized spacial score (nSPS) is 24.3. The molecule has 0 radical (unpaired) electrons. The first-order chi connectivity index (χ1) is 9.29. The van der Waals surface area contributed by atoms with E-state index in [1.807, 2.05) is 0 Å². The Kier molecular flexibility index (Phi) is 4.16. The third-order valence-electron chi connectivity index (χ3n) is 5.05. The summed E-state index contributed by atoms with van der Waals surface area (Å²) in [5, 5.41) is 0.963. The van der Waals surface area contributed by atoms with Gasteiger partial charge in [-0.3, -0.25) is 0 Å². The van der Waals surface area contributed by atoms with Gasteiger partial charge < -0.3 is 4.90 Å². The van der Waals surface area contributed by atoms with Gasteiger partial charge in [0.05, 0.1) is 0 Å². The van der Waals surface area contributed by atoms with Crippen LogP contribution in [0.5, 0.6) is 0 Å². The molecule has 2 fully saturated rings. The van der Waals surface area contributed by atoms with Gasteiger partial charge in [0.25, 0.3) is 0 Å². The van der Waals surface area contributed by atoms with Crippen LogP contribution in [0, 0.1) is 12.8 Å². The van der Waals surface area contributed by atoms with Crippen molar-refractivity contribution in [2.45, 2.75) is 56.8 Å². The molecule has 1 aliphatic heterocycles. The van der Waals surface area contributed by atoms with E-state index in [-0.39, 0.29) is 0 Å². The van der Waals surface area contributed by atoms with E-state index >= 15 is 0 Å². The van der Waals surface area contributed by atoms with Crippen LogP contribution in [-0.4, -0.2) is 12.6 Å². The van der Waals surface area contributed by atoms with Crippen molar-refractivity contribution in [1.29, 1.82) is 0 Å². The van der Waals surface area contributed by atoms with Crippen molar-refractivity contribution in [3.05, 3.63) is 29.3 Å². The second-order valence-corrected chi connectivity index (χ2v) is 6.75. The number of anilines is 1. The Labute approximate surface area is 125 Å². The standard InChI is InChI=1S/C17H24BrN/c1-13-11-16(9-8-15(13)12-18)19-10-4-7-17(19)14-5-2-3-6-14/h8-9,11,14,17H,2-7,10,12H2,1H3. The van der Waals surface area contributed by atoms with Crippen LogP contribution < -0.4 is 4.90 Å². The van der Waals surface area contributed by atoms with E-state index in [9.17, 15) is 0 Å². The third-order valence-corrected chi connectivity index (χ3v) is 5.65. The topological polar surface area (TPSA) is 3.24 Å². The molecule has 1 aliphatic carbocycles. The van der Waals surface area contributed by atoms with Gasteiger partial charge in [-0.15, -0.1) is 0 Å². The van der Waals surface area contributed by atoms with Crippen molar-refractivity contribution >= 4 is 21.6 Å². The monoisotopic (exact) mass is 321 g/mol. The summed E-state index contributed by atoms with van der Waals surface area (Å²) in [6.07, 6.45) is 8.61. The zero-order valence-electron chi connectivity index (χ0n) is 11.9. The van der Waals surface area contributed by atoms with Gasteiger partial charge in [-0.1, -0.05) is 34.8 Å². The van der Waals surface area contributed by atoms with E-state index in [4.69, 9.17) is 0 Å². The summed E-state index contributed by atoms with van der Waals surface area (Å²) in [5.41, 5.74) is 4.29. The van der Waals surface area contributed by atoms with E-state index < -0.39 is 0 Å². The second-order valence-electron chi connectivity index (χ2n) is 6.19. The molecule has 104 valence electrons. The average molecular weight is 322 g/mol. The predicted octanol–water partition coefficient (Wildman–Crippen LogP) is 5.05. The molecule has 0 spiro atoms. The third kappa shape index (κ3) is 2.69. The van der Waals surface area contributed by atoms with Crippen LogP contribution in [0.4, 0.5) is 5.69 Å². The lowest BCUT2D eigenvalue weighted by Crippen LogP contribution is -2.34. The van der Waals surface area contributed by atoms with Gasteiger partial charge in [0.15, 0.2) is 0 Å². The maximum atomic E-state index is 3.57. The Hall–Kier alpha value is -0.500. The molecule has 1 saturated carbocycles. The van der Waals surface area contributed by atoms with Gasteiger partial charge in [-0.05, 0) is 61.8 Å². The summed E-state index contributed by atoms with van der Waals surface area (Å²) in [5.74, 6) is 0.957. The lowest BCUT2D eigenvalue weighted by atomic mass is 9.95. The van der Waals surface area contributed by atoms with Crippen LogP contribution in [0.25, 0.3) is 0 Å². The molecule has 1 atom stereocenters. The predicted molar refractivity (Wildman–Crippen MR) is 86.1 cm³/mol. The molecule has 0 N–H and O–H groups in total. The van der Waals surface area contributed by atoms with Crippen LogP contribution in [0.2, 0.25) is 0 Å². The fraction of sp³-hybridized carbons (Fsp3) is 0.647. The zero-order chi connectivity index (χ0) is 13.2. The van der Waals surface area contributed by atoms with E-state index in [1.54, 1.807) is 0 Å². The van der Waals surface area contributed by atoms with Gasteiger partial charge in [0, 0.05) is 23.6 Å². The smallest absolute Gasteiger partial charge is 0.0371 e. The molecule has 1 unspecified atom stereocenters. The molecule has 19 heavy (non-hydrogen) atoms. The molecular formula is C17H24BrN. The van der Waals surface area contributed by atoms with Crippen molar-refractivity contribution in [1.82, 2.24) is 0 Å². The molecular weight excluding hydrogens is 298 g/mol. The minimum atomic E-state index is 0.816. The number of benzene rings is 1. The first-order valence-corrected chi connectivity index (χ1v) is 8.84. The summed E-state index contributed by atoms with van der Waals surface area (Å²) < 4.78 is 0. The number of halogens is 1. The Bertz CT molecular complexity index is 437. The van der Waals surface area contributed by atoms with Crippen molar-refractivity contribution in [2.24, 2.45) is 5.92 Å². The highest BCUT2D eigenvalue weighted by molar-refractivity contribution is 9.08. The highest BCUT2D eigenvalue weighted by Crippen LogP contribution is 2.38. The summed E-state index contributed by atoms with van der Waals surface area (Å²) >= 11 is 3.57. The first-order valence-electron chi connectivity index (χ1n) is 7.71. The van der Waals surface area contributed by atoms with E-state index in [0.717, 1.165) is 17.3 Å². The fourth-order valence-electron chi connectivity index (χ4n) is 3.95. The number of hydrogen-bond acceptors (Lipinski definition) is 1. The number of hydrogen-bond donors (Lipinski definition) is 0. The highest BCUT2D eigenvalue weighted by atomic mass is 79.9. The van der Waals surface area contributed by atoms with Gasteiger partial charge in [-0.25, -0.2) is 0 Å². The SMILES string of the molecule is Cc1cc(N2CCCC2C2CCCC2)ccc1CBr. The lowest BCUT2D eigenvalue weighted by molar-refractivity contribution is 0.431. The fourth-order valence-corrected chi connectivity index (χ4v) is 4.58. The highest BCUT2D eigenvalue weighted by Gasteiger charge is 2.33. The van der Waals surface area contributed by atoms with Crippen LogP contribution in [0.15, 0.2) is 18.2 Å². The molecule has 1 aromatic carbocycles. The molecule has 1 saturated heterocycles. The number of rotatable bonds is 3. The van der Waals surface area contributed by atoms with E-state index in [1.165, 1.54) is 61.9 Å². The van der Waals surface area contributed by atoms with Crippen molar-refractivity contribution in [2.75, 3.05) is 11.4 Å². The zero-order valence-corrected chi connectivity index (χ0v) is 13.5. The Morgan fingerprint density at radius 1 is 1.16 bits per heavy atom. The minimum absolute atomic E-state index is 0.816. The number of aryl methyl sites for hydroxylation is 1. The Balaban J connectivity index is 1.81. The molecule has 2 heteroatoms. The maximum Gasteiger partial charge on any atom is 0.0371 e. The Morgan fingerprint density at radius 2 is 1.95 bits per heavy atom. The van der Waals surface area contributed by atoms with E-state index in [2.05, 4.69) is 46.0 Å². The van der Waals surface area contributed by atoms with Crippen LogP contribution in [-0.2, 0) is 5.33 Å². The van der Waals surface area contributed by atoms with Crippen molar-refractivity contribution < 1.29 is 0 Å². The molecule has 0 bridgehead atoms. The summed E-state index contributed by atoms with van der Waals surface area (Å²) in [6, 6.07) is 7.83. The molecule has 0 aromatic heterocycles.